The summed E-state index contributed by atoms with van der Waals surface area (Å²) < 4.78 is 32.0. The maximum Gasteiger partial charge on any atom is 0.130 e. The van der Waals surface area contributed by atoms with Gasteiger partial charge in [0.2, 0.25) is 0 Å². The first-order valence-electron chi connectivity index (χ1n) is 6.05. The molecule has 0 aliphatic carbocycles. The lowest BCUT2D eigenvalue weighted by atomic mass is 10.1. The molecule has 0 saturated heterocycles. The summed E-state index contributed by atoms with van der Waals surface area (Å²) in [5, 5.41) is 0. The normalized spacial score (nSPS) is 10.5. The highest BCUT2D eigenvalue weighted by atomic mass is 19.1. The summed E-state index contributed by atoms with van der Waals surface area (Å²) in [7, 11) is 0. The molecule has 2 aromatic rings. The summed E-state index contributed by atoms with van der Waals surface area (Å²) in [4.78, 5) is 0. The number of hydrogen-bond donors (Lipinski definition) is 1. The zero-order valence-corrected chi connectivity index (χ0v) is 10.4. The lowest BCUT2D eigenvalue weighted by Gasteiger charge is -2.11. The van der Waals surface area contributed by atoms with Crippen molar-refractivity contribution in [3.05, 3.63) is 65.2 Å². The van der Waals surface area contributed by atoms with E-state index in [2.05, 4.69) is 0 Å². The molecule has 4 heteroatoms. The highest BCUT2D eigenvalue weighted by Crippen LogP contribution is 2.20. The van der Waals surface area contributed by atoms with Crippen molar-refractivity contribution in [1.29, 1.82) is 0 Å². The molecule has 0 aliphatic rings. The summed E-state index contributed by atoms with van der Waals surface area (Å²) in [5.74, 6) is -0.301. The van der Waals surface area contributed by atoms with Gasteiger partial charge < -0.3 is 10.5 Å². The van der Waals surface area contributed by atoms with Crippen molar-refractivity contribution in [2.45, 2.75) is 13.0 Å². The average Bonchev–Trinajstić information content (AvgIpc) is 2.42. The SMILES string of the molecule is NCCc1ccccc1OCc1cc(F)ccc1F. The molecule has 0 unspecified atom stereocenters. The van der Waals surface area contributed by atoms with Crippen LogP contribution in [0.4, 0.5) is 8.78 Å². The zero-order chi connectivity index (χ0) is 13.7. The Morgan fingerprint density at radius 2 is 1.79 bits per heavy atom. The molecule has 100 valence electrons. The van der Waals surface area contributed by atoms with Crippen LogP contribution in [0.5, 0.6) is 5.75 Å². The molecule has 0 heterocycles. The van der Waals surface area contributed by atoms with Crippen LogP contribution in [0.2, 0.25) is 0 Å². The van der Waals surface area contributed by atoms with E-state index in [9.17, 15) is 8.78 Å². The Hall–Kier alpha value is -1.94. The highest BCUT2D eigenvalue weighted by Gasteiger charge is 2.07. The zero-order valence-electron chi connectivity index (χ0n) is 10.4. The molecule has 0 aromatic heterocycles. The van der Waals surface area contributed by atoms with E-state index in [1.165, 1.54) is 0 Å². The van der Waals surface area contributed by atoms with Crippen LogP contribution in [-0.2, 0) is 13.0 Å². The Kier molecular flexibility index (Phi) is 4.47. The molecule has 0 fully saturated rings. The smallest absolute Gasteiger partial charge is 0.130 e. The Morgan fingerprint density at radius 3 is 2.58 bits per heavy atom. The monoisotopic (exact) mass is 263 g/mol. The van der Waals surface area contributed by atoms with Gasteiger partial charge in [0, 0.05) is 5.56 Å². The summed E-state index contributed by atoms with van der Waals surface area (Å²) in [5.41, 5.74) is 6.67. The molecule has 19 heavy (non-hydrogen) atoms. The Morgan fingerprint density at radius 1 is 1.00 bits per heavy atom. The minimum absolute atomic E-state index is 0.00875. The molecule has 0 atom stereocenters. The fourth-order valence-electron chi connectivity index (χ4n) is 1.82. The largest absolute Gasteiger partial charge is 0.489 e. The molecule has 0 spiro atoms. The quantitative estimate of drug-likeness (QED) is 0.899. The third kappa shape index (κ3) is 3.51. The Labute approximate surface area is 110 Å². The van der Waals surface area contributed by atoms with Crippen LogP contribution in [0.25, 0.3) is 0 Å². The van der Waals surface area contributed by atoms with E-state index in [0.29, 0.717) is 18.7 Å². The van der Waals surface area contributed by atoms with E-state index in [-0.39, 0.29) is 12.2 Å². The van der Waals surface area contributed by atoms with Gasteiger partial charge in [-0.05, 0) is 42.8 Å². The fourth-order valence-corrected chi connectivity index (χ4v) is 1.82. The minimum atomic E-state index is -0.477. The lowest BCUT2D eigenvalue weighted by molar-refractivity contribution is 0.296. The van der Waals surface area contributed by atoms with Gasteiger partial charge in [-0.2, -0.15) is 0 Å². The third-order valence-corrected chi connectivity index (χ3v) is 2.78. The molecule has 0 amide bonds. The van der Waals surface area contributed by atoms with E-state index in [4.69, 9.17) is 10.5 Å². The van der Waals surface area contributed by atoms with Crippen LogP contribution in [0.3, 0.4) is 0 Å². The van der Waals surface area contributed by atoms with Crippen molar-refractivity contribution >= 4 is 0 Å². The van der Waals surface area contributed by atoms with Crippen molar-refractivity contribution in [1.82, 2.24) is 0 Å². The number of ether oxygens (including phenoxy) is 1. The molecule has 2 rings (SSSR count). The van der Waals surface area contributed by atoms with E-state index >= 15 is 0 Å². The predicted octanol–water partition coefficient (Wildman–Crippen LogP) is 3.05. The first-order chi connectivity index (χ1) is 9.20. The third-order valence-electron chi connectivity index (χ3n) is 2.78. The number of rotatable bonds is 5. The maximum atomic E-state index is 13.5. The molecule has 2 nitrogen and oxygen atoms in total. The Balaban J connectivity index is 2.12. The molecular formula is C15H15F2NO. The first kappa shape index (κ1) is 13.5. The van der Waals surface area contributed by atoms with Gasteiger partial charge in [0.05, 0.1) is 0 Å². The van der Waals surface area contributed by atoms with Crippen LogP contribution < -0.4 is 10.5 Å². The number of benzene rings is 2. The van der Waals surface area contributed by atoms with E-state index < -0.39 is 11.6 Å². The van der Waals surface area contributed by atoms with Gasteiger partial charge in [-0.25, -0.2) is 8.78 Å². The lowest BCUT2D eigenvalue weighted by Crippen LogP contribution is -2.06. The predicted molar refractivity (Wildman–Crippen MR) is 69.9 cm³/mol. The van der Waals surface area contributed by atoms with Gasteiger partial charge >= 0.3 is 0 Å². The summed E-state index contributed by atoms with van der Waals surface area (Å²) in [6.45, 7) is 0.500. The second-order valence-electron chi connectivity index (χ2n) is 4.17. The van der Waals surface area contributed by atoms with Gasteiger partial charge in [-0.3, -0.25) is 0 Å². The highest BCUT2D eigenvalue weighted by molar-refractivity contribution is 5.34. The van der Waals surface area contributed by atoms with Gasteiger partial charge in [0.25, 0.3) is 0 Å². The van der Waals surface area contributed by atoms with Gasteiger partial charge in [-0.15, -0.1) is 0 Å². The molecule has 0 saturated carbocycles. The van der Waals surface area contributed by atoms with Crippen LogP contribution >= 0.6 is 0 Å². The van der Waals surface area contributed by atoms with Crippen LogP contribution in [0, 0.1) is 11.6 Å². The second kappa shape index (κ2) is 6.29. The van der Waals surface area contributed by atoms with Crippen molar-refractivity contribution in [3.8, 4) is 5.75 Å². The maximum absolute atomic E-state index is 13.5. The van der Waals surface area contributed by atoms with Gasteiger partial charge in [0.15, 0.2) is 0 Å². The summed E-state index contributed by atoms with van der Waals surface area (Å²) in [6.07, 6.45) is 0.682. The number of halogens is 2. The fraction of sp³-hybridized carbons (Fsp3) is 0.200. The molecule has 0 bridgehead atoms. The Bertz CT molecular complexity index is 558. The standard InChI is InChI=1S/C15H15F2NO/c16-13-5-6-14(17)12(9-13)10-19-15-4-2-1-3-11(15)7-8-18/h1-6,9H,7-8,10,18H2. The summed E-state index contributed by atoms with van der Waals surface area (Å²) >= 11 is 0. The van der Waals surface area contributed by atoms with Crippen LogP contribution in [0.1, 0.15) is 11.1 Å². The van der Waals surface area contributed by atoms with Crippen molar-refractivity contribution in [2.24, 2.45) is 5.73 Å². The number of nitrogens with two attached hydrogens (primary N) is 1. The van der Waals surface area contributed by atoms with Crippen LogP contribution in [0.15, 0.2) is 42.5 Å². The van der Waals surface area contributed by atoms with E-state index in [1.807, 2.05) is 18.2 Å². The number of para-hydroxylation sites is 1. The van der Waals surface area contributed by atoms with Crippen molar-refractivity contribution < 1.29 is 13.5 Å². The molecule has 0 radical (unpaired) electrons. The molecule has 0 aliphatic heterocycles. The van der Waals surface area contributed by atoms with Crippen molar-refractivity contribution in [3.63, 3.8) is 0 Å². The van der Waals surface area contributed by atoms with Gasteiger partial charge in [0.1, 0.15) is 24.0 Å². The van der Waals surface area contributed by atoms with E-state index in [0.717, 1.165) is 23.8 Å². The van der Waals surface area contributed by atoms with Crippen molar-refractivity contribution in [2.75, 3.05) is 6.54 Å². The minimum Gasteiger partial charge on any atom is -0.489 e. The molecular weight excluding hydrogens is 248 g/mol. The summed E-state index contributed by atoms with van der Waals surface area (Å²) in [6, 6.07) is 10.7. The van der Waals surface area contributed by atoms with Gasteiger partial charge in [-0.1, -0.05) is 18.2 Å². The number of hydrogen-bond acceptors (Lipinski definition) is 2. The van der Waals surface area contributed by atoms with Crippen LogP contribution in [-0.4, -0.2) is 6.54 Å². The second-order valence-corrected chi connectivity index (χ2v) is 4.17. The van der Waals surface area contributed by atoms with E-state index in [1.54, 1.807) is 6.07 Å². The molecule has 2 aromatic carbocycles. The average molecular weight is 263 g/mol. The molecule has 2 N–H and O–H groups in total. The first-order valence-corrected chi connectivity index (χ1v) is 6.05. The topological polar surface area (TPSA) is 35.2 Å².